The number of rotatable bonds is 7. The van der Waals surface area contributed by atoms with Gasteiger partial charge in [-0.05, 0) is 316 Å². The number of benzene rings is 22. The number of para-hydroxylation sites is 2. The molecule has 24 aromatic rings. The molecular weight excluding hydrogens is 1770 g/mol. The maximum absolute atomic E-state index is 6.27. The van der Waals surface area contributed by atoms with Gasteiger partial charge in [0.25, 0.3) is 0 Å². The van der Waals surface area contributed by atoms with Crippen molar-refractivity contribution in [2.24, 2.45) is 0 Å². The van der Waals surface area contributed by atoms with Crippen LogP contribution in [-0.4, -0.2) is 0 Å². The fourth-order valence-electron chi connectivity index (χ4n) is 19.8. The first-order valence-electron chi connectivity index (χ1n) is 47.1. The number of furan rings is 2. The van der Waals surface area contributed by atoms with E-state index in [2.05, 4.69) is 539 Å². The first-order chi connectivity index (χ1) is 68.8. The third-order valence-corrected chi connectivity index (χ3v) is 27.4. The number of hydrogen-bond acceptors (Lipinski definition) is 6. The van der Waals surface area contributed by atoms with Crippen molar-refractivity contribution in [1.29, 1.82) is 0 Å². The molecule has 14 aliphatic heterocycles. The minimum absolute atomic E-state index is 0. The summed E-state index contributed by atoms with van der Waals surface area (Å²) in [6, 6.07) is 192. The van der Waals surface area contributed by atoms with Crippen LogP contribution in [0.25, 0.3) is 177 Å². The Bertz CT molecular complexity index is 8290. The predicted octanol–water partition coefficient (Wildman–Crippen LogP) is 39.3. The molecule has 0 amide bonds. The summed E-state index contributed by atoms with van der Waals surface area (Å²) in [7, 11) is 0. The lowest BCUT2D eigenvalue weighted by molar-refractivity contribution is 0.668. The number of fused-ring (bicyclic) bond motifs is 6. The highest BCUT2D eigenvalue weighted by molar-refractivity contribution is 9.10. The Morgan fingerprint density at radius 1 is 0.157 bits per heavy atom. The minimum Gasteiger partial charge on any atom is -0.456 e. The summed E-state index contributed by atoms with van der Waals surface area (Å²) in [4.78, 5) is 7.04. The average Bonchev–Trinajstić information content (AvgIpc) is 1.64. The van der Waals surface area contributed by atoms with E-state index in [-0.39, 0.29) is 8.85 Å². The zero-order chi connectivity index (χ0) is 92.5. The van der Waals surface area contributed by atoms with Gasteiger partial charge in [0.1, 0.15) is 22.3 Å². The molecule has 1 N–H and O–H groups in total. The lowest BCUT2D eigenvalue weighted by Crippen LogP contribution is -2.10. The Morgan fingerprint density at radius 3 is 0.586 bits per heavy atom. The molecule has 0 aliphatic carbocycles. The first kappa shape index (κ1) is 86.3. The van der Waals surface area contributed by atoms with Crippen LogP contribution in [0.15, 0.2) is 547 Å². The van der Waals surface area contributed by atoms with Gasteiger partial charge in [0.05, 0.1) is 0 Å². The standard InChI is InChI=1S/C66H44N2O.C48H34N2.C18H11BrO.CH4.H2/c1-2-10-45(11-3-1)46-18-31-53(32-19-46)67-55-35-22-48(23-36-55)59-12-4-6-14-61(59)50-26-39-57(40-27-50)68(58-41-28-51(29-42-58)62-15-7-5-13-60(62)49-24-37-56(67)38-25-49)54-33-20-47(21-34-54)52-30-43-64-63-16-8-9-17-65(63)69-66(64)44-52;1-2-8-34(9-3-1)35-18-28-42(29-19-35)50-43-30-20-38(21-31-43)47-12-6-4-10-45(47)36-14-24-40(25-15-36)49-41-26-16-37(17-27-41)46-11-5-7-13-48(46)39-22-32-44(50)33-23-39;19-14-8-5-12(6-9-14)13-7-10-16-15-3-1-2-4-17(15)20-18(16)11-13;;/h1-44H;1-33,49H;1-11H;1H4;1H/i;;;;1+1. The summed E-state index contributed by atoms with van der Waals surface area (Å²) < 4.78 is 13.3. The first-order valence-corrected chi connectivity index (χ1v) is 47.9. The Morgan fingerprint density at radius 2 is 0.336 bits per heavy atom. The monoisotopic (exact) mass is 1860 g/mol. The SMILES string of the molecule is Brc1ccc(-c2ccc3c(c2)oc2ccccc23)cc1.C.[2HH].c1ccc(-c2ccc(N3c4ccc(cc4)-c4ccccc4-c4ccc(cc4)N(c4ccc(-c5ccc6c(c5)oc5ccccc56)cc4)c4ccc(cc4)-c4ccccc4-c4ccc3cc4)cc2)cc1.c1ccc(-c2ccc(N3c4ccc(cc4)-c4ccccc4-c4ccc(cc4)Nc4ccc(cc4)-c4ccccc4-c4ccc3cc4)cc2)cc1. The molecule has 16 bridgehead atoms. The number of halogens is 1. The summed E-state index contributed by atoms with van der Waals surface area (Å²) in [5, 5.41) is 8.20. The number of anilines is 11. The molecule has 2 aromatic heterocycles. The zero-order valence-electron chi connectivity index (χ0n) is 75.8. The third-order valence-electron chi connectivity index (χ3n) is 26.9. The molecule has 0 radical (unpaired) electrons. The van der Waals surface area contributed by atoms with Gasteiger partial charge in [0.15, 0.2) is 0 Å². The third kappa shape index (κ3) is 17.3. The lowest BCUT2D eigenvalue weighted by atomic mass is 9.93. The average molecular weight is 1860 g/mol. The Kier molecular flexibility index (Phi) is 23.5. The molecule has 0 saturated heterocycles. The normalized spacial score (nSPS) is 11.7. The van der Waals surface area contributed by atoms with Crippen molar-refractivity contribution in [3.8, 4) is 134 Å². The van der Waals surface area contributed by atoms with E-state index in [4.69, 9.17) is 8.83 Å². The highest BCUT2D eigenvalue weighted by Gasteiger charge is 2.23. The van der Waals surface area contributed by atoms with Crippen LogP contribution >= 0.6 is 15.9 Å². The van der Waals surface area contributed by atoms with E-state index in [1.165, 1.54) is 111 Å². The van der Waals surface area contributed by atoms with Gasteiger partial charge in [-0.3, -0.25) is 0 Å². The van der Waals surface area contributed by atoms with Crippen LogP contribution in [0.3, 0.4) is 0 Å². The van der Waals surface area contributed by atoms with Gasteiger partial charge >= 0.3 is 0 Å². The van der Waals surface area contributed by atoms with Crippen molar-refractivity contribution >= 4 is 122 Å². The molecule has 666 valence electrons. The quantitative estimate of drug-likeness (QED) is 0.172. The second-order valence-corrected chi connectivity index (χ2v) is 36.2. The maximum Gasteiger partial charge on any atom is 0.136 e. The summed E-state index contributed by atoms with van der Waals surface area (Å²) in [6.45, 7) is 0. The van der Waals surface area contributed by atoms with E-state index in [1.54, 1.807) is 0 Å². The molecule has 140 heavy (non-hydrogen) atoms. The largest absolute Gasteiger partial charge is 0.456 e. The van der Waals surface area contributed by atoms with Crippen LogP contribution < -0.4 is 20.0 Å². The van der Waals surface area contributed by atoms with Crippen LogP contribution in [0.2, 0.25) is 0 Å². The summed E-state index contributed by atoms with van der Waals surface area (Å²) in [6.07, 6.45) is 0. The molecule has 14 aliphatic rings. The van der Waals surface area contributed by atoms with Crippen molar-refractivity contribution in [2.75, 3.05) is 20.0 Å². The van der Waals surface area contributed by atoms with E-state index < -0.39 is 0 Å². The zero-order valence-corrected chi connectivity index (χ0v) is 77.4. The van der Waals surface area contributed by atoms with Gasteiger partial charge in [-0.2, -0.15) is 0 Å². The molecular formula is C133H95BrN4O2. The molecule has 22 aromatic carbocycles. The molecule has 0 saturated carbocycles. The lowest BCUT2D eigenvalue weighted by Gasteiger charge is -2.27. The second-order valence-electron chi connectivity index (χ2n) is 35.2. The van der Waals surface area contributed by atoms with Gasteiger partial charge in [0.2, 0.25) is 0 Å². The van der Waals surface area contributed by atoms with Gasteiger partial charge < -0.3 is 28.9 Å². The topological polar surface area (TPSA) is 48.0 Å². The second kappa shape index (κ2) is 38.1. The minimum atomic E-state index is 0. The number of nitrogens with one attached hydrogen (secondary N) is 1. The van der Waals surface area contributed by atoms with Crippen molar-refractivity contribution in [2.45, 2.75) is 7.43 Å². The highest BCUT2D eigenvalue weighted by Crippen LogP contribution is 2.48. The van der Waals surface area contributed by atoms with Crippen LogP contribution in [0, 0.1) is 0 Å². The molecule has 0 fully saturated rings. The van der Waals surface area contributed by atoms with Crippen LogP contribution in [0.1, 0.15) is 8.85 Å². The van der Waals surface area contributed by atoms with Gasteiger partial charge in [-0.15, -0.1) is 0 Å². The Hall–Kier alpha value is -17.9. The molecule has 6 nitrogen and oxygen atoms in total. The molecule has 0 unspecified atom stereocenters. The Balaban J connectivity index is 0.000000138. The van der Waals surface area contributed by atoms with E-state index in [0.29, 0.717) is 0 Å². The fourth-order valence-corrected chi connectivity index (χ4v) is 20.0. The van der Waals surface area contributed by atoms with E-state index in [1.807, 2.05) is 30.3 Å². The van der Waals surface area contributed by atoms with Gasteiger partial charge in [-0.1, -0.05) is 375 Å². The smallest absolute Gasteiger partial charge is 0.136 e. The Labute approximate surface area is 825 Å². The van der Waals surface area contributed by atoms with Crippen molar-refractivity contribution in [3.05, 3.63) is 538 Å². The van der Waals surface area contributed by atoms with E-state index in [9.17, 15) is 0 Å². The van der Waals surface area contributed by atoms with Crippen molar-refractivity contribution in [1.82, 2.24) is 0 Å². The van der Waals surface area contributed by atoms with Crippen molar-refractivity contribution < 1.29 is 10.3 Å². The number of nitrogens with zero attached hydrogens (tertiary/aromatic N) is 3. The van der Waals surface area contributed by atoms with Gasteiger partial charge in [0, 0.05) is 90.0 Å². The molecule has 7 heteroatoms. The van der Waals surface area contributed by atoms with E-state index >= 15 is 0 Å². The predicted molar refractivity (Wildman–Crippen MR) is 597 cm³/mol. The van der Waals surface area contributed by atoms with Crippen molar-refractivity contribution in [3.63, 3.8) is 0 Å². The molecule has 38 rings (SSSR count). The molecule has 0 atom stereocenters. The van der Waals surface area contributed by atoms with Crippen LogP contribution in [-0.2, 0) is 0 Å². The maximum atomic E-state index is 6.27. The van der Waals surface area contributed by atoms with Crippen LogP contribution in [0.5, 0.6) is 0 Å². The summed E-state index contributed by atoms with van der Waals surface area (Å²) >= 11 is 3.46. The van der Waals surface area contributed by atoms with Gasteiger partial charge in [-0.25, -0.2) is 0 Å². The summed E-state index contributed by atoms with van der Waals surface area (Å²) in [5.74, 6) is 0. The fraction of sp³-hybridized carbons (Fsp3) is 0.00752. The van der Waals surface area contributed by atoms with E-state index in [0.717, 1.165) is 134 Å². The highest BCUT2D eigenvalue weighted by atomic mass is 79.9. The molecule has 16 heterocycles. The molecule has 0 spiro atoms. The number of hydrogen-bond donors (Lipinski definition) is 1. The van der Waals surface area contributed by atoms with Crippen LogP contribution in [0.4, 0.5) is 62.6 Å². The summed E-state index contributed by atoms with van der Waals surface area (Å²) in [5.41, 5.74) is 43.9.